The molecule has 10 heteroatoms. The number of alkyl halides is 3. The fourth-order valence-corrected chi connectivity index (χ4v) is 3.12. The van der Waals surface area contributed by atoms with E-state index < -0.39 is 36.4 Å². The van der Waals surface area contributed by atoms with Crippen LogP contribution in [0.4, 0.5) is 13.2 Å². The zero-order valence-electron chi connectivity index (χ0n) is 13.6. The number of nitrogens with zero attached hydrogens (tertiary/aromatic N) is 2. The van der Waals surface area contributed by atoms with Crippen LogP contribution in [-0.4, -0.2) is 77.8 Å². The molecule has 2 amide bonds. The molecule has 25 heavy (non-hydrogen) atoms. The summed E-state index contributed by atoms with van der Waals surface area (Å²) in [7, 11) is 0. The SMILES string of the molecule is O=C(O)CCN(CC1CCCO1)C(=O)C1CC(=O)N(CC(F)(F)F)C1. The molecule has 2 aliphatic rings. The fraction of sp³-hybridized carbons (Fsp3) is 0.800. The monoisotopic (exact) mass is 366 g/mol. The molecule has 0 aromatic rings. The zero-order chi connectivity index (χ0) is 18.6. The van der Waals surface area contributed by atoms with Gasteiger partial charge in [0.15, 0.2) is 0 Å². The van der Waals surface area contributed by atoms with Gasteiger partial charge >= 0.3 is 12.1 Å². The van der Waals surface area contributed by atoms with E-state index in [1.807, 2.05) is 0 Å². The van der Waals surface area contributed by atoms with Gasteiger partial charge in [-0.3, -0.25) is 14.4 Å². The molecular formula is C15H21F3N2O5. The third-order valence-corrected chi connectivity index (χ3v) is 4.29. The number of rotatable bonds is 7. The number of carbonyl (C=O) groups is 3. The number of hydrogen-bond donors (Lipinski definition) is 1. The molecule has 142 valence electrons. The molecule has 2 heterocycles. The molecule has 0 aromatic carbocycles. The quantitative estimate of drug-likeness (QED) is 0.723. The van der Waals surface area contributed by atoms with Crippen LogP contribution >= 0.6 is 0 Å². The zero-order valence-corrected chi connectivity index (χ0v) is 13.6. The summed E-state index contributed by atoms with van der Waals surface area (Å²) in [5, 5.41) is 8.83. The molecule has 2 atom stereocenters. The second-order valence-corrected chi connectivity index (χ2v) is 6.35. The Balaban J connectivity index is 1.99. The molecule has 0 radical (unpaired) electrons. The van der Waals surface area contributed by atoms with Crippen molar-refractivity contribution in [2.24, 2.45) is 5.92 Å². The van der Waals surface area contributed by atoms with Crippen molar-refractivity contribution in [1.82, 2.24) is 9.80 Å². The normalized spacial score (nSPS) is 24.0. The first-order valence-corrected chi connectivity index (χ1v) is 8.12. The molecule has 1 N–H and O–H groups in total. The van der Waals surface area contributed by atoms with Crippen molar-refractivity contribution in [3.63, 3.8) is 0 Å². The molecule has 2 aliphatic heterocycles. The first-order valence-electron chi connectivity index (χ1n) is 8.12. The minimum Gasteiger partial charge on any atom is -0.481 e. The first-order chi connectivity index (χ1) is 11.7. The van der Waals surface area contributed by atoms with E-state index in [4.69, 9.17) is 9.84 Å². The Morgan fingerprint density at radius 1 is 1.36 bits per heavy atom. The van der Waals surface area contributed by atoms with Gasteiger partial charge in [-0.05, 0) is 12.8 Å². The van der Waals surface area contributed by atoms with Crippen molar-refractivity contribution in [2.75, 3.05) is 32.8 Å². The van der Waals surface area contributed by atoms with Crippen LogP contribution in [0.2, 0.25) is 0 Å². The third-order valence-electron chi connectivity index (χ3n) is 4.29. The van der Waals surface area contributed by atoms with Crippen molar-refractivity contribution in [1.29, 1.82) is 0 Å². The average Bonchev–Trinajstić information content (AvgIpc) is 3.11. The molecule has 0 bridgehead atoms. The topological polar surface area (TPSA) is 87.1 Å². The van der Waals surface area contributed by atoms with Gasteiger partial charge < -0.3 is 19.6 Å². The number of hydrogen-bond acceptors (Lipinski definition) is 4. The molecule has 2 saturated heterocycles. The van der Waals surface area contributed by atoms with Crippen LogP contribution in [0.5, 0.6) is 0 Å². The number of halogens is 3. The van der Waals surface area contributed by atoms with Crippen LogP contribution < -0.4 is 0 Å². The molecule has 0 aromatic heterocycles. The van der Waals surface area contributed by atoms with Gasteiger partial charge in [0.25, 0.3) is 0 Å². The molecule has 7 nitrogen and oxygen atoms in total. The number of ether oxygens (including phenoxy) is 1. The molecule has 2 unspecified atom stereocenters. The van der Waals surface area contributed by atoms with Crippen molar-refractivity contribution in [3.8, 4) is 0 Å². The van der Waals surface area contributed by atoms with E-state index in [0.29, 0.717) is 11.5 Å². The van der Waals surface area contributed by atoms with E-state index in [-0.39, 0.29) is 38.6 Å². The Bertz CT molecular complexity index is 520. The van der Waals surface area contributed by atoms with E-state index >= 15 is 0 Å². The molecule has 0 aliphatic carbocycles. The summed E-state index contributed by atoms with van der Waals surface area (Å²) >= 11 is 0. The minimum atomic E-state index is -4.52. The number of carboxylic acid groups (broad SMARTS) is 1. The first kappa shape index (κ1) is 19.5. The van der Waals surface area contributed by atoms with Crippen LogP contribution in [0.25, 0.3) is 0 Å². The van der Waals surface area contributed by atoms with Gasteiger partial charge in [0.05, 0.1) is 18.4 Å². The number of likely N-dealkylation sites (tertiary alicyclic amines) is 1. The van der Waals surface area contributed by atoms with Crippen LogP contribution in [0.15, 0.2) is 0 Å². The van der Waals surface area contributed by atoms with E-state index in [1.165, 1.54) is 4.90 Å². The van der Waals surface area contributed by atoms with Crippen molar-refractivity contribution in [2.45, 2.75) is 38.0 Å². The Morgan fingerprint density at radius 2 is 2.08 bits per heavy atom. The molecule has 2 rings (SSSR count). The number of carbonyl (C=O) groups excluding carboxylic acids is 2. The summed E-state index contributed by atoms with van der Waals surface area (Å²) < 4.78 is 42.9. The Kier molecular flexibility index (Phi) is 6.26. The summed E-state index contributed by atoms with van der Waals surface area (Å²) in [5.41, 5.74) is 0. The average molecular weight is 366 g/mol. The van der Waals surface area contributed by atoms with Gasteiger partial charge in [-0.25, -0.2) is 0 Å². The maximum absolute atomic E-state index is 12.6. The summed E-state index contributed by atoms with van der Waals surface area (Å²) in [5.74, 6) is -3.17. The Morgan fingerprint density at radius 3 is 2.64 bits per heavy atom. The van der Waals surface area contributed by atoms with Crippen molar-refractivity contribution >= 4 is 17.8 Å². The summed E-state index contributed by atoms with van der Waals surface area (Å²) in [6.07, 6.45) is -3.71. The van der Waals surface area contributed by atoms with E-state index in [0.717, 1.165) is 12.8 Å². The second kappa shape index (κ2) is 8.03. The van der Waals surface area contributed by atoms with E-state index in [2.05, 4.69) is 0 Å². The Labute approximate surface area is 142 Å². The van der Waals surface area contributed by atoms with Gasteiger partial charge in [0.1, 0.15) is 6.54 Å². The molecule has 0 spiro atoms. The van der Waals surface area contributed by atoms with E-state index in [1.54, 1.807) is 0 Å². The van der Waals surface area contributed by atoms with Crippen molar-refractivity contribution < 1.29 is 37.4 Å². The highest BCUT2D eigenvalue weighted by atomic mass is 19.4. The maximum atomic E-state index is 12.6. The molecule has 0 saturated carbocycles. The maximum Gasteiger partial charge on any atom is 0.406 e. The predicted molar refractivity (Wildman–Crippen MR) is 78.5 cm³/mol. The highest BCUT2D eigenvalue weighted by Gasteiger charge is 2.42. The van der Waals surface area contributed by atoms with Crippen LogP contribution in [0.3, 0.4) is 0 Å². The van der Waals surface area contributed by atoms with Crippen LogP contribution in [-0.2, 0) is 19.1 Å². The fourth-order valence-electron chi connectivity index (χ4n) is 3.12. The highest BCUT2D eigenvalue weighted by molar-refractivity contribution is 5.89. The Hall–Kier alpha value is -1.84. The number of aliphatic carboxylic acids is 1. The smallest absolute Gasteiger partial charge is 0.406 e. The van der Waals surface area contributed by atoms with Crippen molar-refractivity contribution in [3.05, 3.63) is 0 Å². The van der Waals surface area contributed by atoms with Gasteiger partial charge in [0.2, 0.25) is 11.8 Å². The number of carboxylic acids is 1. The minimum absolute atomic E-state index is 0.0576. The summed E-state index contributed by atoms with van der Waals surface area (Å²) in [6, 6.07) is 0. The van der Waals surface area contributed by atoms with Gasteiger partial charge in [0, 0.05) is 32.7 Å². The second-order valence-electron chi connectivity index (χ2n) is 6.35. The van der Waals surface area contributed by atoms with Gasteiger partial charge in [-0.1, -0.05) is 0 Å². The third kappa shape index (κ3) is 5.87. The largest absolute Gasteiger partial charge is 0.481 e. The number of amides is 2. The lowest BCUT2D eigenvalue weighted by molar-refractivity contribution is -0.157. The van der Waals surface area contributed by atoms with E-state index in [9.17, 15) is 27.6 Å². The lowest BCUT2D eigenvalue weighted by Crippen LogP contribution is -2.43. The predicted octanol–water partition coefficient (Wildman–Crippen LogP) is 0.879. The van der Waals surface area contributed by atoms with Gasteiger partial charge in [-0.15, -0.1) is 0 Å². The molecular weight excluding hydrogens is 345 g/mol. The lowest BCUT2D eigenvalue weighted by atomic mass is 10.1. The van der Waals surface area contributed by atoms with Crippen LogP contribution in [0.1, 0.15) is 25.7 Å². The summed E-state index contributed by atoms with van der Waals surface area (Å²) in [4.78, 5) is 37.1. The van der Waals surface area contributed by atoms with Crippen LogP contribution in [0, 0.1) is 5.92 Å². The van der Waals surface area contributed by atoms with Gasteiger partial charge in [-0.2, -0.15) is 13.2 Å². The summed E-state index contributed by atoms with van der Waals surface area (Å²) in [6.45, 7) is -0.982. The lowest BCUT2D eigenvalue weighted by Gasteiger charge is -2.27. The molecule has 2 fully saturated rings. The highest BCUT2D eigenvalue weighted by Crippen LogP contribution is 2.26. The standard InChI is InChI=1S/C15H21F3N2O5/c16-15(17,18)9-20-7-10(6-12(20)21)14(24)19(4-3-13(22)23)8-11-2-1-5-25-11/h10-11H,1-9H2,(H,22,23).